The number of pyridine rings is 1. The van der Waals surface area contributed by atoms with Crippen molar-refractivity contribution in [3.63, 3.8) is 0 Å². The van der Waals surface area contributed by atoms with Gasteiger partial charge in [-0.1, -0.05) is 36.4 Å². The third-order valence-corrected chi connectivity index (χ3v) is 6.29. The number of methoxy groups -OCH3 is 3. The summed E-state index contributed by atoms with van der Waals surface area (Å²) in [5, 5.41) is 0. The summed E-state index contributed by atoms with van der Waals surface area (Å²) in [7, 11) is 4.80. The van der Waals surface area contributed by atoms with Crippen LogP contribution in [-0.4, -0.2) is 67.8 Å². The lowest BCUT2D eigenvalue weighted by Gasteiger charge is -2.35. The summed E-state index contributed by atoms with van der Waals surface area (Å²) in [6.07, 6.45) is 1.72. The summed E-state index contributed by atoms with van der Waals surface area (Å²) >= 11 is 0. The van der Waals surface area contributed by atoms with Crippen LogP contribution in [0.25, 0.3) is 0 Å². The Hall–Kier alpha value is -3.78. The maximum atomic E-state index is 13.2. The minimum atomic E-state index is -0.265. The number of benzene rings is 2. The van der Waals surface area contributed by atoms with Gasteiger partial charge in [0.25, 0.3) is 11.5 Å². The number of piperazine rings is 1. The summed E-state index contributed by atoms with van der Waals surface area (Å²) in [5.41, 5.74) is 1.94. The SMILES string of the molecule is COc1ccc(CN2CCN(C(=O)c3cccn(Cc4ccccc4)c3=O)CC2)c(OC)c1OC. The highest BCUT2D eigenvalue weighted by Crippen LogP contribution is 2.40. The predicted molar refractivity (Wildman–Crippen MR) is 134 cm³/mol. The Morgan fingerprint density at radius 1 is 0.800 bits per heavy atom. The van der Waals surface area contributed by atoms with Crippen molar-refractivity contribution in [2.75, 3.05) is 47.5 Å². The van der Waals surface area contributed by atoms with E-state index in [-0.39, 0.29) is 17.0 Å². The second kappa shape index (κ2) is 11.1. The number of nitrogens with zero attached hydrogens (tertiary/aromatic N) is 3. The van der Waals surface area contributed by atoms with Crippen molar-refractivity contribution in [2.45, 2.75) is 13.1 Å². The van der Waals surface area contributed by atoms with Crippen molar-refractivity contribution >= 4 is 5.91 Å². The smallest absolute Gasteiger partial charge is 0.263 e. The Kier molecular flexibility index (Phi) is 7.72. The molecule has 0 spiro atoms. The molecular weight excluding hydrogens is 446 g/mol. The number of hydrogen-bond donors (Lipinski definition) is 0. The molecular formula is C27H31N3O5. The molecule has 1 aromatic heterocycles. The molecule has 1 aliphatic heterocycles. The first-order chi connectivity index (χ1) is 17.0. The van der Waals surface area contributed by atoms with E-state index in [4.69, 9.17) is 14.2 Å². The third-order valence-electron chi connectivity index (χ3n) is 6.29. The van der Waals surface area contributed by atoms with E-state index in [1.54, 1.807) is 49.1 Å². The van der Waals surface area contributed by atoms with Crippen LogP contribution in [0, 0.1) is 0 Å². The van der Waals surface area contributed by atoms with Crippen LogP contribution in [0.3, 0.4) is 0 Å². The van der Waals surface area contributed by atoms with Crippen LogP contribution in [0.15, 0.2) is 65.6 Å². The Bertz CT molecular complexity index is 1220. The van der Waals surface area contributed by atoms with Crippen LogP contribution < -0.4 is 19.8 Å². The molecule has 1 fully saturated rings. The highest BCUT2D eigenvalue weighted by atomic mass is 16.5. The van der Waals surface area contributed by atoms with Gasteiger partial charge in [0.15, 0.2) is 11.5 Å². The Balaban J connectivity index is 1.42. The lowest BCUT2D eigenvalue weighted by Crippen LogP contribution is -2.49. The summed E-state index contributed by atoms with van der Waals surface area (Å²) < 4.78 is 18.0. The van der Waals surface area contributed by atoms with Crippen LogP contribution in [-0.2, 0) is 13.1 Å². The fourth-order valence-electron chi connectivity index (χ4n) is 4.41. The normalized spacial score (nSPS) is 14.0. The average molecular weight is 478 g/mol. The first-order valence-electron chi connectivity index (χ1n) is 11.6. The molecule has 0 bridgehead atoms. The van der Waals surface area contributed by atoms with Crippen molar-refractivity contribution in [3.8, 4) is 17.2 Å². The number of ether oxygens (including phenoxy) is 3. The molecule has 184 valence electrons. The van der Waals surface area contributed by atoms with E-state index in [0.29, 0.717) is 56.5 Å². The third kappa shape index (κ3) is 5.33. The second-order valence-corrected chi connectivity index (χ2v) is 8.40. The van der Waals surface area contributed by atoms with Gasteiger partial charge < -0.3 is 23.7 Å². The standard InChI is InChI=1S/C27H31N3O5/c1-33-23-12-11-21(24(34-2)25(23)35-3)19-28-14-16-29(17-15-28)26(31)22-10-7-13-30(27(22)32)18-20-8-5-4-6-9-20/h4-13H,14-19H2,1-3H3. The molecule has 1 amide bonds. The summed E-state index contributed by atoms with van der Waals surface area (Å²) in [6, 6.07) is 17.0. The van der Waals surface area contributed by atoms with Crippen molar-refractivity contribution in [3.05, 3.63) is 87.8 Å². The zero-order chi connectivity index (χ0) is 24.8. The van der Waals surface area contributed by atoms with Crippen molar-refractivity contribution in [1.29, 1.82) is 0 Å². The van der Waals surface area contributed by atoms with Crippen molar-refractivity contribution in [1.82, 2.24) is 14.4 Å². The minimum Gasteiger partial charge on any atom is -0.493 e. The molecule has 0 radical (unpaired) electrons. The molecule has 2 aromatic carbocycles. The molecule has 0 unspecified atom stereocenters. The van der Waals surface area contributed by atoms with E-state index < -0.39 is 0 Å². The molecule has 0 aliphatic carbocycles. The summed E-state index contributed by atoms with van der Waals surface area (Å²) in [4.78, 5) is 30.2. The number of aromatic nitrogens is 1. The van der Waals surface area contributed by atoms with Crippen LogP contribution in [0.4, 0.5) is 0 Å². The van der Waals surface area contributed by atoms with Gasteiger partial charge in [0.2, 0.25) is 5.75 Å². The van der Waals surface area contributed by atoms with Crippen LogP contribution in [0.1, 0.15) is 21.5 Å². The van der Waals surface area contributed by atoms with Crippen molar-refractivity contribution < 1.29 is 19.0 Å². The molecule has 8 nitrogen and oxygen atoms in total. The largest absolute Gasteiger partial charge is 0.493 e. The zero-order valence-corrected chi connectivity index (χ0v) is 20.4. The maximum absolute atomic E-state index is 13.2. The highest BCUT2D eigenvalue weighted by molar-refractivity contribution is 5.93. The van der Waals surface area contributed by atoms with E-state index in [0.717, 1.165) is 11.1 Å². The van der Waals surface area contributed by atoms with Crippen molar-refractivity contribution in [2.24, 2.45) is 0 Å². The number of amides is 1. The topological polar surface area (TPSA) is 73.2 Å². The van der Waals surface area contributed by atoms with E-state index in [2.05, 4.69) is 4.90 Å². The van der Waals surface area contributed by atoms with Gasteiger partial charge in [0.05, 0.1) is 27.9 Å². The monoisotopic (exact) mass is 477 g/mol. The quantitative estimate of drug-likeness (QED) is 0.497. The Morgan fingerprint density at radius 2 is 1.51 bits per heavy atom. The van der Waals surface area contributed by atoms with Gasteiger partial charge in [-0.3, -0.25) is 14.5 Å². The molecule has 1 aliphatic rings. The van der Waals surface area contributed by atoms with E-state index in [1.165, 1.54) is 0 Å². The number of hydrogen-bond acceptors (Lipinski definition) is 6. The molecule has 3 aromatic rings. The number of carbonyl (C=O) groups excluding carboxylic acids is 1. The first kappa shape index (κ1) is 24.3. The number of rotatable bonds is 8. The number of carbonyl (C=O) groups is 1. The molecule has 2 heterocycles. The molecule has 0 N–H and O–H groups in total. The van der Waals surface area contributed by atoms with Gasteiger partial charge in [-0.15, -0.1) is 0 Å². The van der Waals surface area contributed by atoms with Crippen LogP contribution in [0.5, 0.6) is 17.2 Å². The Morgan fingerprint density at radius 3 is 2.17 bits per heavy atom. The predicted octanol–water partition coefficient (Wildman–Crippen LogP) is 2.88. The fraction of sp³-hybridized carbons (Fsp3) is 0.333. The minimum absolute atomic E-state index is 0.207. The Labute approximate surface area is 205 Å². The van der Waals surface area contributed by atoms with Gasteiger partial charge in [-0.2, -0.15) is 0 Å². The maximum Gasteiger partial charge on any atom is 0.263 e. The average Bonchev–Trinajstić information content (AvgIpc) is 2.90. The molecule has 8 heteroatoms. The lowest BCUT2D eigenvalue weighted by atomic mass is 10.1. The van der Waals surface area contributed by atoms with Crippen LogP contribution >= 0.6 is 0 Å². The van der Waals surface area contributed by atoms with Gasteiger partial charge in [0.1, 0.15) is 5.56 Å². The van der Waals surface area contributed by atoms with E-state index >= 15 is 0 Å². The zero-order valence-electron chi connectivity index (χ0n) is 20.4. The molecule has 4 rings (SSSR count). The summed E-state index contributed by atoms with van der Waals surface area (Å²) in [6.45, 7) is 3.55. The first-order valence-corrected chi connectivity index (χ1v) is 11.6. The molecule has 0 saturated carbocycles. The highest BCUT2D eigenvalue weighted by Gasteiger charge is 2.26. The van der Waals surface area contributed by atoms with E-state index in [9.17, 15) is 9.59 Å². The van der Waals surface area contributed by atoms with E-state index in [1.807, 2.05) is 42.5 Å². The van der Waals surface area contributed by atoms with Gasteiger partial charge in [-0.25, -0.2) is 0 Å². The second-order valence-electron chi connectivity index (χ2n) is 8.40. The van der Waals surface area contributed by atoms with Gasteiger partial charge in [-0.05, 0) is 23.8 Å². The molecule has 35 heavy (non-hydrogen) atoms. The summed E-state index contributed by atoms with van der Waals surface area (Å²) in [5.74, 6) is 1.61. The molecule has 1 saturated heterocycles. The van der Waals surface area contributed by atoms with Gasteiger partial charge >= 0.3 is 0 Å². The molecule has 0 atom stereocenters. The lowest BCUT2D eigenvalue weighted by molar-refractivity contribution is 0.0625. The van der Waals surface area contributed by atoms with Crippen LogP contribution in [0.2, 0.25) is 0 Å². The van der Waals surface area contributed by atoms with Gasteiger partial charge in [0, 0.05) is 44.5 Å². The fourth-order valence-corrected chi connectivity index (χ4v) is 4.41.